The molecular formula is C25H24BrN3O6S. The Labute approximate surface area is 220 Å². The number of ether oxygens (including phenoxy) is 2. The molecule has 0 aliphatic carbocycles. The van der Waals surface area contributed by atoms with E-state index in [2.05, 4.69) is 21.2 Å². The zero-order chi connectivity index (χ0) is 25.7. The van der Waals surface area contributed by atoms with Crippen molar-refractivity contribution in [3.63, 3.8) is 0 Å². The first kappa shape index (κ1) is 25.9. The van der Waals surface area contributed by atoms with Crippen molar-refractivity contribution in [2.24, 2.45) is 0 Å². The van der Waals surface area contributed by atoms with Gasteiger partial charge in [-0.1, -0.05) is 23.8 Å². The van der Waals surface area contributed by atoms with Crippen molar-refractivity contribution in [3.05, 3.63) is 63.0 Å². The predicted octanol–water partition coefficient (Wildman–Crippen LogP) is 3.67. The molecule has 2 aliphatic heterocycles. The van der Waals surface area contributed by atoms with Crippen LogP contribution in [0.15, 0.2) is 51.8 Å². The van der Waals surface area contributed by atoms with Crippen LogP contribution in [0.5, 0.6) is 5.75 Å². The number of aryl methyl sites for hydroxylation is 1. The van der Waals surface area contributed by atoms with Gasteiger partial charge < -0.3 is 19.7 Å². The Morgan fingerprint density at radius 1 is 1.14 bits per heavy atom. The maximum Gasteiger partial charge on any atom is 0.294 e. The van der Waals surface area contributed by atoms with Crippen LogP contribution in [0.1, 0.15) is 11.1 Å². The van der Waals surface area contributed by atoms with E-state index in [9.17, 15) is 19.2 Å². The van der Waals surface area contributed by atoms with Gasteiger partial charge >= 0.3 is 0 Å². The highest BCUT2D eigenvalue weighted by Gasteiger charge is 2.37. The first-order chi connectivity index (χ1) is 17.3. The number of carbonyl (C=O) groups excluding carboxylic acids is 4. The number of morpholine rings is 1. The third kappa shape index (κ3) is 6.54. The summed E-state index contributed by atoms with van der Waals surface area (Å²) in [6.45, 7) is 3.28. The van der Waals surface area contributed by atoms with Gasteiger partial charge in [-0.15, -0.1) is 0 Å². The molecule has 0 unspecified atom stereocenters. The Hall–Kier alpha value is -3.15. The van der Waals surface area contributed by atoms with E-state index in [1.165, 1.54) is 0 Å². The zero-order valence-electron chi connectivity index (χ0n) is 19.5. The molecule has 36 heavy (non-hydrogen) atoms. The van der Waals surface area contributed by atoms with Crippen LogP contribution in [0.2, 0.25) is 0 Å². The molecule has 1 N–H and O–H groups in total. The number of carbonyl (C=O) groups is 4. The highest BCUT2D eigenvalue weighted by atomic mass is 79.9. The van der Waals surface area contributed by atoms with Gasteiger partial charge in [-0.2, -0.15) is 0 Å². The highest BCUT2D eigenvalue weighted by Crippen LogP contribution is 2.34. The van der Waals surface area contributed by atoms with E-state index in [1.54, 1.807) is 29.2 Å². The first-order valence-electron chi connectivity index (χ1n) is 11.2. The van der Waals surface area contributed by atoms with E-state index in [-0.39, 0.29) is 29.9 Å². The van der Waals surface area contributed by atoms with Crippen LogP contribution in [0.3, 0.4) is 0 Å². The lowest BCUT2D eigenvalue weighted by Gasteiger charge is -2.28. The molecule has 0 atom stereocenters. The van der Waals surface area contributed by atoms with Crippen LogP contribution < -0.4 is 10.1 Å². The molecule has 0 aromatic heterocycles. The molecule has 2 aliphatic rings. The van der Waals surface area contributed by atoms with Crippen LogP contribution in [0.25, 0.3) is 6.08 Å². The van der Waals surface area contributed by atoms with Crippen molar-refractivity contribution in [3.8, 4) is 5.75 Å². The van der Waals surface area contributed by atoms with E-state index in [1.807, 2.05) is 31.2 Å². The number of hydrogen-bond acceptors (Lipinski definition) is 7. The first-order valence-corrected chi connectivity index (χ1v) is 12.8. The number of amides is 4. The van der Waals surface area contributed by atoms with Crippen molar-refractivity contribution in [1.29, 1.82) is 0 Å². The largest absolute Gasteiger partial charge is 0.483 e. The molecule has 0 spiro atoms. The van der Waals surface area contributed by atoms with E-state index < -0.39 is 11.1 Å². The Bertz CT molecular complexity index is 1210. The SMILES string of the molecule is Cc1ccc(NC(=O)COc2ccc(/C=C3/SC(=O)N(CC(=O)N4CCOCC4)C3=O)cc2Br)cc1. The van der Waals surface area contributed by atoms with Gasteiger partial charge in [0.2, 0.25) is 5.91 Å². The minimum absolute atomic E-state index is 0.179. The maximum absolute atomic E-state index is 12.8. The molecule has 4 rings (SSSR count). The van der Waals surface area contributed by atoms with Gasteiger partial charge in [-0.05, 0) is 70.5 Å². The second-order valence-corrected chi connectivity index (χ2v) is 10.0. The molecule has 0 radical (unpaired) electrons. The van der Waals surface area contributed by atoms with Crippen molar-refractivity contribution in [2.45, 2.75) is 6.92 Å². The van der Waals surface area contributed by atoms with Gasteiger partial charge in [0.25, 0.3) is 17.1 Å². The quantitative estimate of drug-likeness (QED) is 0.504. The highest BCUT2D eigenvalue weighted by molar-refractivity contribution is 9.10. The summed E-state index contributed by atoms with van der Waals surface area (Å²) in [6, 6.07) is 12.5. The van der Waals surface area contributed by atoms with Gasteiger partial charge in [0.05, 0.1) is 22.6 Å². The number of nitrogens with one attached hydrogen (secondary N) is 1. The van der Waals surface area contributed by atoms with Gasteiger partial charge in [0, 0.05) is 18.8 Å². The number of nitrogens with zero attached hydrogens (tertiary/aromatic N) is 2. The minimum atomic E-state index is -0.504. The average molecular weight is 574 g/mol. The smallest absolute Gasteiger partial charge is 0.294 e. The summed E-state index contributed by atoms with van der Waals surface area (Å²) in [6.07, 6.45) is 1.59. The van der Waals surface area contributed by atoms with Gasteiger partial charge in [0.1, 0.15) is 12.3 Å². The third-order valence-corrected chi connectivity index (χ3v) is 7.01. The molecule has 9 nitrogen and oxygen atoms in total. The standard InChI is InChI=1S/C25H24BrN3O6S/c1-16-2-5-18(6-3-16)27-22(30)15-35-20-7-4-17(12-19(20)26)13-21-24(32)29(25(33)36-21)14-23(31)28-8-10-34-11-9-28/h2-7,12-13H,8-11,14-15H2,1H3,(H,27,30)/b21-13+. The lowest BCUT2D eigenvalue weighted by molar-refractivity contribution is -0.139. The van der Waals surface area contributed by atoms with Crippen LogP contribution in [-0.4, -0.2) is 72.2 Å². The maximum atomic E-state index is 12.8. The fourth-order valence-corrected chi connectivity index (χ4v) is 4.89. The Morgan fingerprint density at radius 3 is 2.56 bits per heavy atom. The van der Waals surface area contributed by atoms with Crippen LogP contribution in [0.4, 0.5) is 10.5 Å². The lowest BCUT2D eigenvalue weighted by Crippen LogP contribution is -2.46. The molecule has 2 fully saturated rings. The Kier molecular flexibility index (Phi) is 8.44. The summed E-state index contributed by atoms with van der Waals surface area (Å²) in [5.41, 5.74) is 2.44. The van der Waals surface area contributed by atoms with Crippen molar-refractivity contribution < 1.29 is 28.7 Å². The normalized spacial score (nSPS) is 17.0. The summed E-state index contributed by atoms with van der Waals surface area (Å²) in [7, 11) is 0. The monoisotopic (exact) mass is 573 g/mol. The number of halogens is 1. The summed E-state index contributed by atoms with van der Waals surface area (Å²) in [5, 5.41) is 2.29. The molecule has 2 heterocycles. The van der Waals surface area contributed by atoms with E-state index in [0.29, 0.717) is 47.8 Å². The molecular weight excluding hydrogens is 550 g/mol. The summed E-state index contributed by atoms with van der Waals surface area (Å²) < 4.78 is 11.4. The summed E-state index contributed by atoms with van der Waals surface area (Å²) in [5.74, 6) is -0.626. The fourth-order valence-electron chi connectivity index (χ4n) is 3.54. The van der Waals surface area contributed by atoms with Gasteiger partial charge in [-0.25, -0.2) is 0 Å². The molecule has 2 saturated heterocycles. The molecule has 0 bridgehead atoms. The predicted molar refractivity (Wildman–Crippen MR) is 140 cm³/mol. The second-order valence-electron chi connectivity index (χ2n) is 8.15. The summed E-state index contributed by atoms with van der Waals surface area (Å²) >= 11 is 4.22. The Balaban J connectivity index is 1.34. The van der Waals surface area contributed by atoms with Gasteiger partial charge in [0.15, 0.2) is 6.61 Å². The number of hydrogen-bond donors (Lipinski definition) is 1. The molecule has 2 aromatic rings. The number of anilines is 1. The Morgan fingerprint density at radius 2 is 1.86 bits per heavy atom. The van der Waals surface area contributed by atoms with E-state index in [4.69, 9.17) is 9.47 Å². The molecule has 188 valence electrons. The number of thioether (sulfide) groups is 1. The number of benzene rings is 2. The van der Waals surface area contributed by atoms with Crippen LogP contribution in [-0.2, 0) is 19.1 Å². The van der Waals surface area contributed by atoms with Crippen molar-refractivity contribution in [1.82, 2.24) is 9.80 Å². The van der Waals surface area contributed by atoms with E-state index in [0.717, 1.165) is 22.2 Å². The van der Waals surface area contributed by atoms with E-state index >= 15 is 0 Å². The average Bonchev–Trinajstić information content (AvgIpc) is 3.12. The van der Waals surface area contributed by atoms with Crippen molar-refractivity contribution >= 4 is 62.4 Å². The number of imide groups is 1. The molecule has 2 aromatic carbocycles. The van der Waals surface area contributed by atoms with Crippen molar-refractivity contribution in [2.75, 3.05) is 44.8 Å². The second kappa shape index (κ2) is 11.7. The van der Waals surface area contributed by atoms with Crippen LogP contribution >= 0.6 is 27.7 Å². The van der Waals surface area contributed by atoms with Gasteiger partial charge in [-0.3, -0.25) is 24.1 Å². The summed E-state index contributed by atoms with van der Waals surface area (Å²) in [4.78, 5) is 52.6. The molecule has 4 amide bonds. The van der Waals surface area contributed by atoms with Crippen LogP contribution in [0, 0.1) is 6.92 Å². The third-order valence-electron chi connectivity index (χ3n) is 5.48. The number of rotatable bonds is 7. The molecule has 0 saturated carbocycles. The topological polar surface area (TPSA) is 105 Å². The zero-order valence-corrected chi connectivity index (χ0v) is 21.9. The molecule has 11 heteroatoms. The lowest BCUT2D eigenvalue weighted by atomic mass is 10.2. The minimum Gasteiger partial charge on any atom is -0.483 e. The fraction of sp³-hybridized carbons (Fsp3) is 0.280.